The smallest absolute Gasteiger partial charge is 0.128 e. The van der Waals surface area contributed by atoms with Crippen molar-refractivity contribution in [3.63, 3.8) is 0 Å². The highest BCUT2D eigenvalue weighted by molar-refractivity contribution is 7.00. The van der Waals surface area contributed by atoms with Gasteiger partial charge in [0.2, 0.25) is 0 Å². The van der Waals surface area contributed by atoms with Crippen molar-refractivity contribution in [2.45, 2.75) is 6.42 Å². The van der Waals surface area contributed by atoms with Crippen molar-refractivity contribution >= 4 is 39.4 Å². The molecule has 0 atom stereocenters. The lowest BCUT2D eigenvalue weighted by atomic mass is 10.1. The van der Waals surface area contributed by atoms with Crippen molar-refractivity contribution < 1.29 is 0 Å². The first-order chi connectivity index (χ1) is 13.8. The summed E-state index contributed by atoms with van der Waals surface area (Å²) >= 11 is 1.28. The summed E-state index contributed by atoms with van der Waals surface area (Å²) in [5, 5.41) is 10.3. The Morgan fingerprint density at radius 1 is 1.11 bits per heavy atom. The van der Waals surface area contributed by atoms with Gasteiger partial charge in [0, 0.05) is 49.8 Å². The molecule has 1 N–H and O–H groups in total. The largest absolute Gasteiger partial charge is 0.367 e. The molecule has 1 fully saturated rings. The lowest BCUT2D eigenvalue weighted by Crippen LogP contribution is -2.47. The normalized spacial score (nSPS) is 15.3. The van der Waals surface area contributed by atoms with E-state index in [1.807, 2.05) is 24.3 Å². The minimum absolute atomic E-state index is 0.715. The molecule has 1 saturated heterocycles. The van der Waals surface area contributed by atoms with Gasteiger partial charge < -0.3 is 9.88 Å². The molecule has 140 valence electrons. The molecule has 0 radical (unpaired) electrons. The highest BCUT2D eigenvalue weighted by atomic mass is 32.1. The van der Waals surface area contributed by atoms with Gasteiger partial charge in [0.15, 0.2) is 0 Å². The summed E-state index contributed by atoms with van der Waals surface area (Å²) in [6, 6.07) is 14.3. The van der Waals surface area contributed by atoms with Crippen LogP contribution >= 0.6 is 11.7 Å². The molecule has 0 bridgehead atoms. The van der Waals surface area contributed by atoms with E-state index in [1.54, 1.807) is 0 Å². The van der Waals surface area contributed by atoms with Gasteiger partial charge in [-0.3, -0.25) is 4.90 Å². The molecule has 1 aliphatic heterocycles. The Morgan fingerprint density at radius 2 is 2.00 bits per heavy atom. The Morgan fingerprint density at radius 3 is 2.86 bits per heavy atom. The van der Waals surface area contributed by atoms with E-state index in [-0.39, 0.29) is 0 Å². The standard InChI is InChI=1S/C21H20N6S/c22-13-15-4-5-18-17(12-15)16(14-23-18)6-7-26-8-10-27(11-9-26)20-3-1-2-19-21(20)25-28-24-19/h1-5,12,14,23H,6-11H2. The Bertz CT molecular complexity index is 1160. The van der Waals surface area contributed by atoms with Gasteiger partial charge >= 0.3 is 0 Å². The third-order valence-corrected chi connectivity index (χ3v) is 6.11. The van der Waals surface area contributed by atoms with E-state index >= 15 is 0 Å². The van der Waals surface area contributed by atoms with Crippen LogP contribution in [0.4, 0.5) is 5.69 Å². The lowest BCUT2D eigenvalue weighted by molar-refractivity contribution is 0.261. The maximum Gasteiger partial charge on any atom is 0.128 e. The van der Waals surface area contributed by atoms with Crippen molar-refractivity contribution in [2.75, 3.05) is 37.6 Å². The summed E-state index contributed by atoms with van der Waals surface area (Å²) < 4.78 is 8.83. The summed E-state index contributed by atoms with van der Waals surface area (Å²) in [4.78, 5) is 8.26. The number of anilines is 1. The van der Waals surface area contributed by atoms with Gasteiger partial charge in [0.1, 0.15) is 11.0 Å². The molecule has 0 saturated carbocycles. The fourth-order valence-corrected chi connectivity index (χ4v) is 4.54. The molecule has 4 aromatic rings. The van der Waals surface area contributed by atoms with Gasteiger partial charge in [0.05, 0.1) is 29.0 Å². The third kappa shape index (κ3) is 3.11. The van der Waals surface area contributed by atoms with E-state index in [4.69, 9.17) is 5.26 Å². The number of hydrogen-bond donors (Lipinski definition) is 1. The molecule has 0 amide bonds. The second kappa shape index (κ2) is 7.23. The predicted molar refractivity (Wildman–Crippen MR) is 113 cm³/mol. The fourth-order valence-electron chi connectivity index (χ4n) is 3.99. The highest BCUT2D eigenvalue weighted by Crippen LogP contribution is 2.26. The van der Waals surface area contributed by atoms with Gasteiger partial charge in [-0.15, -0.1) is 0 Å². The van der Waals surface area contributed by atoms with E-state index in [2.05, 4.69) is 47.9 Å². The minimum Gasteiger partial charge on any atom is -0.367 e. The second-order valence-corrected chi connectivity index (χ2v) is 7.70. The van der Waals surface area contributed by atoms with Gasteiger partial charge in [-0.2, -0.15) is 14.0 Å². The zero-order valence-electron chi connectivity index (χ0n) is 15.4. The number of benzene rings is 2. The quantitative estimate of drug-likeness (QED) is 0.580. The summed E-state index contributed by atoms with van der Waals surface area (Å²) in [6.07, 6.45) is 3.07. The van der Waals surface area contributed by atoms with Crippen LogP contribution in [0.3, 0.4) is 0 Å². The van der Waals surface area contributed by atoms with Crippen LogP contribution < -0.4 is 4.90 Å². The molecule has 2 aromatic heterocycles. The number of rotatable bonds is 4. The van der Waals surface area contributed by atoms with Crippen LogP contribution in [0.2, 0.25) is 0 Å². The summed E-state index contributed by atoms with van der Waals surface area (Å²) in [6.45, 7) is 5.12. The molecule has 0 spiro atoms. The maximum absolute atomic E-state index is 9.15. The third-order valence-electron chi connectivity index (χ3n) is 5.57. The highest BCUT2D eigenvalue weighted by Gasteiger charge is 2.20. The van der Waals surface area contributed by atoms with E-state index < -0.39 is 0 Å². The molecule has 6 nitrogen and oxygen atoms in total. The van der Waals surface area contributed by atoms with Crippen molar-refractivity contribution in [2.24, 2.45) is 0 Å². The van der Waals surface area contributed by atoms with Crippen LogP contribution in [-0.4, -0.2) is 51.4 Å². The number of nitrogens with one attached hydrogen (secondary N) is 1. The van der Waals surface area contributed by atoms with Crippen molar-refractivity contribution in [1.29, 1.82) is 5.26 Å². The first-order valence-electron chi connectivity index (χ1n) is 9.50. The Balaban J connectivity index is 1.23. The number of H-pyrrole nitrogens is 1. The zero-order chi connectivity index (χ0) is 18.9. The van der Waals surface area contributed by atoms with E-state index in [1.165, 1.54) is 28.4 Å². The number of aromatic nitrogens is 3. The molecule has 28 heavy (non-hydrogen) atoms. The van der Waals surface area contributed by atoms with Crippen LogP contribution in [0.25, 0.3) is 21.9 Å². The van der Waals surface area contributed by atoms with Crippen molar-refractivity contribution in [3.05, 3.63) is 53.7 Å². The monoisotopic (exact) mass is 388 g/mol. The molecule has 7 heteroatoms. The first-order valence-corrected chi connectivity index (χ1v) is 10.2. The lowest BCUT2D eigenvalue weighted by Gasteiger charge is -2.36. The summed E-state index contributed by atoms with van der Waals surface area (Å²) in [5.74, 6) is 0. The molecule has 0 unspecified atom stereocenters. The number of hydrogen-bond acceptors (Lipinski definition) is 6. The topological polar surface area (TPSA) is 71.8 Å². The average molecular weight is 389 g/mol. The van der Waals surface area contributed by atoms with E-state index in [0.29, 0.717) is 5.56 Å². The second-order valence-electron chi connectivity index (χ2n) is 7.17. The number of aromatic amines is 1. The summed E-state index contributed by atoms with van der Waals surface area (Å²) in [7, 11) is 0. The molecular weight excluding hydrogens is 368 g/mol. The Labute approximate surface area is 167 Å². The molecule has 1 aliphatic rings. The van der Waals surface area contributed by atoms with Crippen LogP contribution in [0.15, 0.2) is 42.6 Å². The Hall–Kier alpha value is -2.95. The first kappa shape index (κ1) is 17.2. The maximum atomic E-state index is 9.15. The number of nitriles is 1. The molecule has 3 heterocycles. The average Bonchev–Trinajstić information content (AvgIpc) is 3.39. The van der Waals surface area contributed by atoms with Gasteiger partial charge in [0.25, 0.3) is 0 Å². The fraction of sp³-hybridized carbons (Fsp3) is 0.286. The molecular formula is C21H20N6S. The van der Waals surface area contributed by atoms with Crippen LogP contribution in [0.1, 0.15) is 11.1 Å². The van der Waals surface area contributed by atoms with E-state index in [0.717, 1.165) is 55.7 Å². The van der Waals surface area contributed by atoms with Gasteiger partial charge in [-0.1, -0.05) is 6.07 Å². The molecule has 2 aromatic carbocycles. The summed E-state index contributed by atoms with van der Waals surface area (Å²) in [5.41, 5.74) is 6.31. The SMILES string of the molecule is N#Cc1ccc2[nH]cc(CCN3CCN(c4cccc5nsnc45)CC3)c2c1. The van der Waals surface area contributed by atoms with Crippen LogP contribution in [0.5, 0.6) is 0 Å². The van der Waals surface area contributed by atoms with Gasteiger partial charge in [-0.05, 0) is 42.3 Å². The number of fused-ring (bicyclic) bond motifs is 2. The molecule has 5 rings (SSSR count). The Kier molecular flexibility index (Phi) is 4.43. The van der Waals surface area contributed by atoms with Crippen molar-refractivity contribution in [3.8, 4) is 6.07 Å². The number of piperazine rings is 1. The minimum atomic E-state index is 0.715. The van der Waals surface area contributed by atoms with Gasteiger partial charge in [-0.25, -0.2) is 0 Å². The van der Waals surface area contributed by atoms with Crippen LogP contribution in [0, 0.1) is 11.3 Å². The molecule has 0 aliphatic carbocycles. The zero-order valence-corrected chi connectivity index (χ0v) is 16.2. The number of nitrogens with zero attached hydrogens (tertiary/aromatic N) is 5. The van der Waals surface area contributed by atoms with Crippen LogP contribution in [-0.2, 0) is 6.42 Å². The van der Waals surface area contributed by atoms with Crippen molar-refractivity contribution in [1.82, 2.24) is 18.6 Å². The predicted octanol–water partition coefficient (Wildman–Crippen LogP) is 3.41. The van der Waals surface area contributed by atoms with E-state index in [9.17, 15) is 0 Å².